The van der Waals surface area contributed by atoms with Crippen molar-refractivity contribution < 1.29 is 13.2 Å². The van der Waals surface area contributed by atoms with E-state index >= 15 is 0 Å². The Labute approximate surface area is 119 Å². The first-order chi connectivity index (χ1) is 8.99. The minimum absolute atomic E-state index is 0.0720. The van der Waals surface area contributed by atoms with Crippen molar-refractivity contribution in [3.63, 3.8) is 0 Å². The lowest BCUT2D eigenvalue weighted by Crippen LogP contribution is -2.34. The van der Waals surface area contributed by atoms with Crippen molar-refractivity contribution in [2.45, 2.75) is 39.3 Å². The van der Waals surface area contributed by atoms with Crippen molar-refractivity contribution in [1.82, 2.24) is 4.31 Å². The molecule has 2 heterocycles. The van der Waals surface area contributed by atoms with Crippen LogP contribution in [-0.2, 0) is 27.7 Å². The summed E-state index contributed by atoms with van der Waals surface area (Å²) >= 11 is 1.73. The summed E-state index contributed by atoms with van der Waals surface area (Å²) in [5.74, 6) is 0.0741. The predicted molar refractivity (Wildman–Crippen MR) is 77.9 cm³/mol. The van der Waals surface area contributed by atoms with Crippen molar-refractivity contribution in [3.05, 3.63) is 21.9 Å². The lowest BCUT2D eigenvalue weighted by Gasteiger charge is -2.20. The smallest absolute Gasteiger partial charge is 0.216 e. The number of fused-ring (bicyclic) bond motifs is 1. The van der Waals surface area contributed by atoms with E-state index in [4.69, 9.17) is 4.74 Å². The Bertz CT molecular complexity index is 508. The summed E-state index contributed by atoms with van der Waals surface area (Å²) < 4.78 is 31.6. The van der Waals surface area contributed by atoms with Gasteiger partial charge in [0, 0.05) is 18.0 Å². The second kappa shape index (κ2) is 6.35. The summed E-state index contributed by atoms with van der Waals surface area (Å²) in [6.45, 7) is 5.23. The predicted octanol–water partition coefficient (Wildman–Crippen LogP) is 2.25. The van der Waals surface area contributed by atoms with Crippen molar-refractivity contribution in [1.29, 1.82) is 0 Å². The minimum atomic E-state index is -3.21. The van der Waals surface area contributed by atoms with Crippen LogP contribution in [0.3, 0.4) is 0 Å². The van der Waals surface area contributed by atoms with Crippen LogP contribution in [0.15, 0.2) is 11.4 Å². The number of hydrogen-bond acceptors (Lipinski definition) is 4. The Morgan fingerprint density at radius 1 is 1.47 bits per heavy atom. The molecule has 1 aromatic heterocycles. The monoisotopic (exact) mass is 303 g/mol. The van der Waals surface area contributed by atoms with E-state index in [1.807, 2.05) is 25.3 Å². The van der Waals surface area contributed by atoms with Gasteiger partial charge >= 0.3 is 0 Å². The summed E-state index contributed by atoms with van der Waals surface area (Å²) in [6, 6.07) is 2.04. The zero-order valence-electron chi connectivity index (χ0n) is 11.5. The fourth-order valence-electron chi connectivity index (χ4n) is 2.17. The molecule has 19 heavy (non-hydrogen) atoms. The van der Waals surface area contributed by atoms with Crippen LogP contribution in [0.25, 0.3) is 0 Å². The molecule has 4 nitrogen and oxygen atoms in total. The average Bonchev–Trinajstić information content (AvgIpc) is 2.65. The molecule has 2 rings (SSSR count). The second-order valence-electron chi connectivity index (χ2n) is 5.04. The van der Waals surface area contributed by atoms with Gasteiger partial charge in [0.15, 0.2) is 0 Å². The number of thiophene rings is 1. The van der Waals surface area contributed by atoms with Crippen molar-refractivity contribution >= 4 is 21.4 Å². The minimum Gasteiger partial charge on any atom is -0.378 e. The van der Waals surface area contributed by atoms with E-state index in [1.54, 1.807) is 15.6 Å². The molecular weight excluding hydrogens is 282 g/mol. The molecule has 108 valence electrons. The number of sulfonamides is 1. The molecule has 6 heteroatoms. The van der Waals surface area contributed by atoms with Gasteiger partial charge in [-0.3, -0.25) is 0 Å². The molecule has 0 unspecified atom stereocenters. The summed E-state index contributed by atoms with van der Waals surface area (Å²) in [6.07, 6.45) is 1.96. The van der Waals surface area contributed by atoms with E-state index in [0.29, 0.717) is 13.1 Å². The first kappa shape index (κ1) is 15.0. The Kier molecular flexibility index (Phi) is 5.00. The van der Waals surface area contributed by atoms with Crippen LogP contribution < -0.4 is 0 Å². The number of aryl methyl sites for hydroxylation is 1. The highest BCUT2D eigenvalue weighted by molar-refractivity contribution is 7.89. The molecule has 1 aliphatic rings. The Balaban J connectivity index is 2.00. The van der Waals surface area contributed by atoms with Crippen molar-refractivity contribution in [2.75, 3.05) is 18.9 Å². The molecule has 0 radical (unpaired) electrons. The number of hydrogen-bond donors (Lipinski definition) is 0. The molecule has 0 bridgehead atoms. The zero-order valence-corrected chi connectivity index (χ0v) is 13.1. The van der Waals surface area contributed by atoms with Gasteiger partial charge in [-0.15, -0.1) is 11.3 Å². The maximum atomic E-state index is 12.3. The Hall–Kier alpha value is -0.430. The molecule has 1 aliphatic heterocycles. The third-order valence-corrected chi connectivity index (χ3v) is 5.99. The van der Waals surface area contributed by atoms with Gasteiger partial charge < -0.3 is 4.74 Å². The van der Waals surface area contributed by atoms with Crippen LogP contribution in [0, 0.1) is 0 Å². The van der Waals surface area contributed by atoms with Gasteiger partial charge in [0.2, 0.25) is 10.0 Å². The van der Waals surface area contributed by atoms with E-state index in [1.165, 1.54) is 4.88 Å². The third kappa shape index (κ3) is 4.02. The summed E-state index contributed by atoms with van der Waals surface area (Å²) in [7, 11) is -3.21. The number of rotatable bonds is 5. The molecule has 0 amide bonds. The van der Waals surface area contributed by atoms with E-state index < -0.39 is 10.0 Å². The number of nitrogens with zero attached hydrogens (tertiary/aromatic N) is 1. The topological polar surface area (TPSA) is 46.6 Å². The van der Waals surface area contributed by atoms with Crippen molar-refractivity contribution in [2.24, 2.45) is 0 Å². The molecule has 0 saturated heterocycles. The fourth-order valence-corrected chi connectivity index (χ4v) is 4.42. The maximum Gasteiger partial charge on any atom is 0.216 e. The lowest BCUT2D eigenvalue weighted by atomic mass is 10.2. The largest absolute Gasteiger partial charge is 0.378 e. The van der Waals surface area contributed by atoms with Gasteiger partial charge in [-0.25, -0.2) is 8.42 Å². The van der Waals surface area contributed by atoms with Crippen LogP contribution in [0.5, 0.6) is 0 Å². The van der Waals surface area contributed by atoms with E-state index in [9.17, 15) is 8.42 Å². The van der Waals surface area contributed by atoms with Gasteiger partial charge in [-0.2, -0.15) is 4.31 Å². The number of ether oxygens (including phenoxy) is 1. The Morgan fingerprint density at radius 2 is 2.26 bits per heavy atom. The fraction of sp³-hybridized carbons (Fsp3) is 0.692. The molecule has 1 aromatic rings. The van der Waals surface area contributed by atoms with Gasteiger partial charge in [0.25, 0.3) is 0 Å². The van der Waals surface area contributed by atoms with Crippen LogP contribution >= 0.6 is 11.3 Å². The molecule has 0 atom stereocenters. The first-order valence-corrected chi connectivity index (χ1v) is 9.12. The third-order valence-electron chi connectivity index (χ3n) is 3.18. The standard InChI is InChI=1S/C13H21NO3S2/c1-11(2)17-7-9-19(15,16)14-6-3-4-13-12(10-14)5-8-18-13/h5,8,11H,3-4,6-7,9-10H2,1-2H3. The highest BCUT2D eigenvalue weighted by atomic mass is 32.2. The van der Waals surface area contributed by atoms with Gasteiger partial charge in [0.1, 0.15) is 0 Å². The summed E-state index contributed by atoms with van der Waals surface area (Å²) in [5, 5.41) is 2.04. The lowest BCUT2D eigenvalue weighted by molar-refractivity contribution is 0.0906. The first-order valence-electron chi connectivity index (χ1n) is 6.64. The van der Waals surface area contributed by atoms with Crippen LogP contribution in [0.1, 0.15) is 30.7 Å². The molecule has 0 saturated carbocycles. The normalized spacial score (nSPS) is 17.4. The maximum absolute atomic E-state index is 12.3. The van der Waals surface area contributed by atoms with E-state index in [0.717, 1.165) is 18.4 Å². The summed E-state index contributed by atoms with van der Waals surface area (Å²) in [5.41, 5.74) is 1.16. The molecule has 0 aliphatic carbocycles. The molecule has 0 fully saturated rings. The molecule has 0 spiro atoms. The quantitative estimate of drug-likeness (QED) is 0.838. The van der Waals surface area contributed by atoms with Crippen LogP contribution in [0.2, 0.25) is 0 Å². The highest BCUT2D eigenvalue weighted by Crippen LogP contribution is 2.25. The van der Waals surface area contributed by atoms with Gasteiger partial charge in [0.05, 0.1) is 18.5 Å². The van der Waals surface area contributed by atoms with E-state index in [2.05, 4.69) is 0 Å². The SMILES string of the molecule is CC(C)OCCS(=O)(=O)N1CCCc2sccc2C1. The van der Waals surface area contributed by atoms with Crippen LogP contribution in [0.4, 0.5) is 0 Å². The Morgan fingerprint density at radius 3 is 3.00 bits per heavy atom. The zero-order chi connectivity index (χ0) is 13.9. The molecule has 0 N–H and O–H groups in total. The second-order valence-corrected chi connectivity index (χ2v) is 8.13. The molecule has 0 aromatic carbocycles. The summed E-state index contributed by atoms with van der Waals surface area (Å²) in [4.78, 5) is 1.33. The van der Waals surface area contributed by atoms with Crippen LogP contribution in [-0.4, -0.2) is 37.7 Å². The highest BCUT2D eigenvalue weighted by Gasteiger charge is 2.25. The van der Waals surface area contributed by atoms with Crippen molar-refractivity contribution in [3.8, 4) is 0 Å². The molecular formula is C13H21NO3S2. The van der Waals surface area contributed by atoms with Gasteiger partial charge in [-0.1, -0.05) is 0 Å². The van der Waals surface area contributed by atoms with Gasteiger partial charge in [-0.05, 0) is 43.7 Å². The van der Waals surface area contributed by atoms with E-state index in [-0.39, 0.29) is 18.5 Å². The average molecular weight is 303 g/mol.